The molecule has 0 saturated heterocycles. The van der Waals surface area contributed by atoms with Crippen LogP contribution in [0, 0.1) is 0 Å². The second kappa shape index (κ2) is 6.37. The molecule has 3 aromatic rings. The van der Waals surface area contributed by atoms with E-state index in [-0.39, 0.29) is 5.56 Å². The maximum absolute atomic E-state index is 12.1. The number of methoxy groups -OCH3 is 1. The van der Waals surface area contributed by atoms with Crippen molar-refractivity contribution in [1.29, 1.82) is 0 Å². The number of fused-ring (bicyclic) bond motifs is 2. The van der Waals surface area contributed by atoms with Gasteiger partial charge in [0.1, 0.15) is 5.75 Å². The summed E-state index contributed by atoms with van der Waals surface area (Å²) < 4.78 is 6.83. The lowest BCUT2D eigenvalue weighted by Crippen LogP contribution is -2.29. The van der Waals surface area contributed by atoms with E-state index >= 15 is 0 Å². The van der Waals surface area contributed by atoms with Crippen LogP contribution in [-0.4, -0.2) is 39.7 Å². The first-order chi connectivity index (χ1) is 12.1. The van der Waals surface area contributed by atoms with E-state index in [0.29, 0.717) is 18.1 Å². The monoisotopic (exact) mass is 338 g/mol. The highest BCUT2D eigenvalue weighted by Gasteiger charge is 2.21. The van der Waals surface area contributed by atoms with Crippen molar-refractivity contribution in [3.8, 4) is 5.75 Å². The highest BCUT2D eigenvalue weighted by atomic mass is 16.5. The van der Waals surface area contributed by atoms with Crippen LogP contribution in [0.15, 0.2) is 41.3 Å². The summed E-state index contributed by atoms with van der Waals surface area (Å²) in [4.78, 5) is 19.1. The lowest BCUT2D eigenvalue weighted by Gasteiger charge is -2.22. The summed E-state index contributed by atoms with van der Waals surface area (Å²) in [5.74, 6) is 1.32. The van der Waals surface area contributed by atoms with E-state index in [0.717, 1.165) is 31.0 Å². The van der Waals surface area contributed by atoms with E-state index in [4.69, 9.17) is 4.74 Å². The van der Waals surface area contributed by atoms with Gasteiger partial charge in [0.25, 0.3) is 5.56 Å². The predicted molar refractivity (Wildman–Crippen MR) is 96.2 cm³/mol. The fraction of sp³-hybridized carbons (Fsp3) is 0.368. The number of rotatable bonds is 3. The second-order valence-corrected chi connectivity index (χ2v) is 6.69. The first-order valence-corrected chi connectivity index (χ1v) is 8.59. The van der Waals surface area contributed by atoms with E-state index < -0.39 is 0 Å². The predicted octanol–water partition coefficient (Wildman–Crippen LogP) is 2.19. The molecule has 0 saturated carbocycles. The molecule has 1 atom stereocenters. The van der Waals surface area contributed by atoms with Gasteiger partial charge in [0, 0.05) is 38.0 Å². The van der Waals surface area contributed by atoms with Gasteiger partial charge in [0.15, 0.2) is 5.65 Å². The van der Waals surface area contributed by atoms with E-state index in [9.17, 15) is 4.79 Å². The molecule has 1 aliphatic heterocycles. The summed E-state index contributed by atoms with van der Waals surface area (Å²) in [6.45, 7) is 4.83. The maximum Gasteiger partial charge on any atom is 0.272 e. The van der Waals surface area contributed by atoms with Gasteiger partial charge < -0.3 is 4.74 Å². The lowest BCUT2D eigenvalue weighted by molar-refractivity contribution is 0.261. The Labute approximate surface area is 146 Å². The number of benzene rings is 1. The zero-order valence-corrected chi connectivity index (χ0v) is 14.5. The Kier molecular flexibility index (Phi) is 4.05. The molecule has 2 aromatic heterocycles. The standard InChI is InChI=1S/C19H22N4O2/c1-13-11-22(8-6-14-3-4-16(25-2)10-17(13)14)12-15-9-19(24)23-18(21-15)5-7-20-23/h3-5,7,9-10,13,20H,6,8,11-12H2,1-2H3. The molecule has 3 heterocycles. The Balaban J connectivity index is 1.57. The third-order valence-corrected chi connectivity index (χ3v) is 4.93. The number of H-pyrrole nitrogens is 1. The molecule has 25 heavy (non-hydrogen) atoms. The van der Waals surface area contributed by atoms with Crippen LogP contribution in [0.4, 0.5) is 0 Å². The summed E-state index contributed by atoms with van der Waals surface area (Å²) in [6.07, 6.45) is 2.72. The average molecular weight is 338 g/mol. The molecule has 0 amide bonds. The molecule has 130 valence electrons. The van der Waals surface area contributed by atoms with Gasteiger partial charge in [-0.2, -0.15) is 0 Å². The third-order valence-electron chi connectivity index (χ3n) is 4.93. The highest BCUT2D eigenvalue weighted by molar-refractivity contribution is 5.39. The van der Waals surface area contributed by atoms with Gasteiger partial charge in [0.2, 0.25) is 0 Å². The van der Waals surface area contributed by atoms with Crippen molar-refractivity contribution in [3.05, 3.63) is 63.7 Å². The van der Waals surface area contributed by atoms with E-state index in [2.05, 4.69) is 34.0 Å². The normalized spacial score (nSPS) is 18.1. The van der Waals surface area contributed by atoms with Gasteiger partial charge in [-0.1, -0.05) is 13.0 Å². The molecular weight excluding hydrogens is 316 g/mol. The zero-order valence-electron chi connectivity index (χ0n) is 14.5. The topological polar surface area (TPSA) is 62.6 Å². The van der Waals surface area contributed by atoms with Crippen LogP contribution in [0.2, 0.25) is 0 Å². The highest BCUT2D eigenvalue weighted by Crippen LogP contribution is 2.29. The van der Waals surface area contributed by atoms with E-state index in [1.165, 1.54) is 15.6 Å². The molecule has 0 spiro atoms. The number of ether oxygens (including phenoxy) is 1. The van der Waals surface area contributed by atoms with Crippen LogP contribution in [0.1, 0.15) is 29.7 Å². The Bertz CT molecular complexity index is 959. The largest absolute Gasteiger partial charge is 0.497 e. The Hall–Kier alpha value is -2.60. The molecule has 0 fully saturated rings. The van der Waals surface area contributed by atoms with E-state index in [1.807, 2.05) is 12.1 Å². The average Bonchev–Trinajstić information content (AvgIpc) is 3.02. The van der Waals surface area contributed by atoms with Crippen molar-refractivity contribution in [2.24, 2.45) is 0 Å². The molecule has 1 aromatic carbocycles. The van der Waals surface area contributed by atoms with Crippen molar-refractivity contribution in [3.63, 3.8) is 0 Å². The zero-order chi connectivity index (χ0) is 17.4. The lowest BCUT2D eigenvalue weighted by atomic mass is 9.95. The van der Waals surface area contributed by atoms with Crippen LogP contribution in [0.3, 0.4) is 0 Å². The Morgan fingerprint density at radius 2 is 2.20 bits per heavy atom. The van der Waals surface area contributed by atoms with Gasteiger partial charge in [-0.05, 0) is 35.6 Å². The van der Waals surface area contributed by atoms with Crippen molar-refractivity contribution < 1.29 is 4.74 Å². The van der Waals surface area contributed by atoms with Gasteiger partial charge in [-0.15, -0.1) is 0 Å². The van der Waals surface area contributed by atoms with Crippen LogP contribution in [0.5, 0.6) is 5.75 Å². The molecule has 1 unspecified atom stereocenters. The molecule has 0 aliphatic carbocycles. The smallest absolute Gasteiger partial charge is 0.272 e. The van der Waals surface area contributed by atoms with Crippen LogP contribution >= 0.6 is 0 Å². The molecule has 0 bridgehead atoms. The Morgan fingerprint density at radius 1 is 1.32 bits per heavy atom. The first-order valence-electron chi connectivity index (χ1n) is 8.59. The van der Waals surface area contributed by atoms with Gasteiger partial charge in [0.05, 0.1) is 12.8 Å². The molecule has 4 rings (SSSR count). The second-order valence-electron chi connectivity index (χ2n) is 6.69. The van der Waals surface area contributed by atoms with Crippen molar-refractivity contribution in [2.75, 3.05) is 20.2 Å². The summed E-state index contributed by atoms with van der Waals surface area (Å²) in [6, 6.07) is 9.79. The summed E-state index contributed by atoms with van der Waals surface area (Å²) in [7, 11) is 1.71. The fourth-order valence-electron chi connectivity index (χ4n) is 3.67. The summed E-state index contributed by atoms with van der Waals surface area (Å²) in [5.41, 5.74) is 4.15. The van der Waals surface area contributed by atoms with Crippen molar-refractivity contribution in [1.82, 2.24) is 19.5 Å². The molecule has 1 aliphatic rings. The SMILES string of the molecule is COc1ccc2c(c1)C(C)CN(Cc1cc(=O)n3[nH]ccc3n1)CC2. The number of nitrogens with zero attached hydrogens (tertiary/aromatic N) is 3. The minimum absolute atomic E-state index is 0.0686. The van der Waals surface area contributed by atoms with Crippen molar-refractivity contribution >= 4 is 5.65 Å². The van der Waals surface area contributed by atoms with Crippen LogP contribution in [-0.2, 0) is 13.0 Å². The number of aromatic amines is 1. The fourth-order valence-corrected chi connectivity index (χ4v) is 3.67. The minimum Gasteiger partial charge on any atom is -0.497 e. The summed E-state index contributed by atoms with van der Waals surface area (Å²) in [5, 5.41) is 2.87. The Morgan fingerprint density at radius 3 is 3.04 bits per heavy atom. The summed E-state index contributed by atoms with van der Waals surface area (Å²) >= 11 is 0. The molecule has 0 radical (unpaired) electrons. The quantitative estimate of drug-likeness (QED) is 0.795. The van der Waals surface area contributed by atoms with E-state index in [1.54, 1.807) is 19.4 Å². The third kappa shape index (κ3) is 3.05. The molecule has 6 nitrogen and oxygen atoms in total. The van der Waals surface area contributed by atoms with Crippen LogP contribution < -0.4 is 10.3 Å². The maximum atomic E-state index is 12.1. The van der Waals surface area contributed by atoms with Gasteiger partial charge in [-0.3, -0.25) is 14.8 Å². The first kappa shape index (κ1) is 15.9. The van der Waals surface area contributed by atoms with Crippen LogP contribution in [0.25, 0.3) is 5.65 Å². The number of hydrogen-bond donors (Lipinski definition) is 1. The van der Waals surface area contributed by atoms with Gasteiger partial charge in [-0.25, -0.2) is 9.50 Å². The molecule has 6 heteroatoms. The molecule has 1 N–H and O–H groups in total. The number of hydrogen-bond acceptors (Lipinski definition) is 4. The number of nitrogens with one attached hydrogen (secondary N) is 1. The molecular formula is C19H22N4O2. The minimum atomic E-state index is -0.0686. The van der Waals surface area contributed by atoms with Gasteiger partial charge >= 0.3 is 0 Å². The van der Waals surface area contributed by atoms with Crippen molar-refractivity contribution in [2.45, 2.75) is 25.8 Å². The number of aromatic nitrogens is 3.